The van der Waals surface area contributed by atoms with Gasteiger partial charge >= 0.3 is 23.8 Å². The number of hydrazone groups is 2. The second-order valence-electron chi connectivity index (χ2n) is 5.63. The average Bonchev–Trinajstić information content (AvgIpc) is 2.78. The van der Waals surface area contributed by atoms with Crippen molar-refractivity contribution in [2.45, 2.75) is 0 Å². The molecular formula is C20H18N4O6. The third kappa shape index (κ3) is 6.37. The van der Waals surface area contributed by atoms with Crippen molar-refractivity contribution in [3.63, 3.8) is 0 Å². The van der Waals surface area contributed by atoms with E-state index in [1.54, 1.807) is 24.3 Å². The van der Waals surface area contributed by atoms with Crippen molar-refractivity contribution in [3.05, 3.63) is 70.8 Å². The Labute approximate surface area is 171 Å². The van der Waals surface area contributed by atoms with Gasteiger partial charge in [-0.3, -0.25) is 9.59 Å². The molecule has 0 aliphatic heterocycles. The zero-order valence-electron chi connectivity index (χ0n) is 16.1. The maximum atomic E-state index is 11.7. The van der Waals surface area contributed by atoms with E-state index in [9.17, 15) is 19.2 Å². The van der Waals surface area contributed by atoms with E-state index in [4.69, 9.17) is 0 Å². The van der Waals surface area contributed by atoms with E-state index in [1.165, 1.54) is 50.9 Å². The van der Waals surface area contributed by atoms with Crippen LogP contribution in [0.4, 0.5) is 0 Å². The summed E-state index contributed by atoms with van der Waals surface area (Å²) in [7, 11) is 2.56. The number of benzene rings is 2. The zero-order chi connectivity index (χ0) is 21.9. The Balaban J connectivity index is 1.82. The Bertz CT molecular complexity index is 900. The van der Waals surface area contributed by atoms with Crippen LogP contribution >= 0.6 is 0 Å². The summed E-state index contributed by atoms with van der Waals surface area (Å²) in [5.41, 5.74) is 6.04. The van der Waals surface area contributed by atoms with Gasteiger partial charge in [0, 0.05) is 0 Å². The molecule has 0 aliphatic rings. The number of rotatable bonds is 6. The number of ether oxygens (including phenoxy) is 2. The normalized spacial score (nSPS) is 10.6. The van der Waals surface area contributed by atoms with Crippen LogP contribution in [0, 0.1) is 0 Å². The summed E-state index contributed by atoms with van der Waals surface area (Å²) >= 11 is 0. The molecule has 0 aliphatic carbocycles. The molecule has 2 aromatic rings. The van der Waals surface area contributed by atoms with E-state index >= 15 is 0 Å². The molecule has 2 rings (SSSR count). The van der Waals surface area contributed by atoms with Gasteiger partial charge in [-0.25, -0.2) is 20.4 Å². The standard InChI is InChI=1S/C20H18N4O6/c1-29-19(27)15-7-3-13(4-8-15)11-21-23-17(25)18(26)24-22-12-14-5-9-16(10-6-14)20(28)30-2/h3-12H,1-2H3,(H,23,25)(H,24,26)/b21-11+,22-12+. The fraction of sp³-hybridized carbons (Fsp3) is 0.100. The highest BCUT2D eigenvalue weighted by molar-refractivity contribution is 6.35. The van der Waals surface area contributed by atoms with Crippen molar-refractivity contribution >= 4 is 36.2 Å². The number of esters is 2. The quantitative estimate of drug-likeness (QED) is 0.314. The summed E-state index contributed by atoms with van der Waals surface area (Å²) in [6.45, 7) is 0. The third-order valence-corrected chi connectivity index (χ3v) is 3.63. The van der Waals surface area contributed by atoms with Gasteiger partial charge < -0.3 is 9.47 Å². The SMILES string of the molecule is COC(=O)c1ccc(/C=N/NC(=O)C(=O)N/N=C/c2ccc(C(=O)OC)cc2)cc1. The predicted octanol–water partition coefficient (Wildman–Crippen LogP) is 0.860. The summed E-state index contributed by atoms with van der Waals surface area (Å²) in [5, 5.41) is 7.32. The lowest BCUT2D eigenvalue weighted by molar-refractivity contribution is -0.139. The van der Waals surface area contributed by atoms with E-state index in [0.29, 0.717) is 22.3 Å². The lowest BCUT2D eigenvalue weighted by Crippen LogP contribution is -2.35. The van der Waals surface area contributed by atoms with Crippen molar-refractivity contribution < 1.29 is 28.7 Å². The van der Waals surface area contributed by atoms with Crippen LogP contribution in [0.5, 0.6) is 0 Å². The molecule has 0 fully saturated rings. The molecule has 0 heterocycles. The van der Waals surface area contributed by atoms with Crippen LogP contribution in [-0.2, 0) is 19.1 Å². The number of nitrogens with one attached hydrogen (secondary N) is 2. The minimum Gasteiger partial charge on any atom is -0.465 e. The number of hydrogen-bond donors (Lipinski definition) is 2. The van der Waals surface area contributed by atoms with Gasteiger partial charge in [-0.05, 0) is 35.4 Å². The number of amides is 2. The fourth-order valence-corrected chi connectivity index (χ4v) is 2.08. The van der Waals surface area contributed by atoms with Gasteiger partial charge in [0.2, 0.25) is 0 Å². The molecule has 0 saturated carbocycles. The Morgan fingerprint density at radius 2 is 1.00 bits per heavy atom. The highest BCUT2D eigenvalue weighted by atomic mass is 16.5. The first-order valence-corrected chi connectivity index (χ1v) is 8.47. The lowest BCUT2D eigenvalue weighted by Gasteiger charge is -2.00. The molecule has 10 nitrogen and oxygen atoms in total. The molecule has 0 radical (unpaired) electrons. The minimum absolute atomic E-state index is 0.371. The first kappa shape index (κ1) is 22.0. The number of carbonyl (C=O) groups excluding carboxylic acids is 4. The largest absolute Gasteiger partial charge is 0.465 e. The highest BCUT2D eigenvalue weighted by Gasteiger charge is 2.11. The molecule has 0 aromatic heterocycles. The van der Waals surface area contributed by atoms with Crippen molar-refractivity contribution in [1.29, 1.82) is 0 Å². The molecule has 2 N–H and O–H groups in total. The molecule has 2 aromatic carbocycles. The topological polar surface area (TPSA) is 136 Å². The Kier molecular flexibility index (Phi) is 7.94. The first-order chi connectivity index (χ1) is 14.4. The van der Waals surface area contributed by atoms with Crippen LogP contribution in [0.1, 0.15) is 31.8 Å². The monoisotopic (exact) mass is 410 g/mol. The average molecular weight is 410 g/mol. The molecule has 0 saturated heterocycles. The lowest BCUT2D eigenvalue weighted by atomic mass is 10.1. The second-order valence-corrected chi connectivity index (χ2v) is 5.63. The maximum absolute atomic E-state index is 11.7. The van der Waals surface area contributed by atoms with Crippen LogP contribution in [0.25, 0.3) is 0 Å². The predicted molar refractivity (Wildman–Crippen MR) is 107 cm³/mol. The smallest absolute Gasteiger partial charge is 0.337 e. The maximum Gasteiger partial charge on any atom is 0.337 e. The summed E-state index contributed by atoms with van der Waals surface area (Å²) in [6, 6.07) is 12.5. The van der Waals surface area contributed by atoms with Gasteiger partial charge in [0.15, 0.2) is 0 Å². The molecule has 30 heavy (non-hydrogen) atoms. The van der Waals surface area contributed by atoms with Gasteiger partial charge in [-0.2, -0.15) is 10.2 Å². The van der Waals surface area contributed by atoms with Crippen LogP contribution in [0.3, 0.4) is 0 Å². The molecule has 0 unspecified atom stereocenters. The van der Waals surface area contributed by atoms with Crippen LogP contribution < -0.4 is 10.9 Å². The van der Waals surface area contributed by atoms with Crippen molar-refractivity contribution in [3.8, 4) is 0 Å². The van der Waals surface area contributed by atoms with E-state index in [-0.39, 0.29) is 0 Å². The van der Waals surface area contributed by atoms with Crippen LogP contribution in [0.15, 0.2) is 58.7 Å². The van der Waals surface area contributed by atoms with E-state index in [2.05, 4.69) is 30.5 Å². The number of carbonyl (C=O) groups is 4. The molecule has 154 valence electrons. The first-order valence-electron chi connectivity index (χ1n) is 8.47. The zero-order valence-corrected chi connectivity index (χ0v) is 16.1. The summed E-state index contributed by atoms with van der Waals surface area (Å²) in [6.07, 6.45) is 2.61. The van der Waals surface area contributed by atoms with Gasteiger partial charge in [-0.15, -0.1) is 0 Å². The highest BCUT2D eigenvalue weighted by Crippen LogP contribution is 2.04. The summed E-state index contributed by atoms with van der Waals surface area (Å²) in [4.78, 5) is 46.1. The van der Waals surface area contributed by atoms with Gasteiger partial charge in [0.25, 0.3) is 0 Å². The molecule has 10 heteroatoms. The number of methoxy groups -OCH3 is 2. The molecule has 0 bridgehead atoms. The summed E-state index contributed by atoms with van der Waals surface area (Å²) in [5.74, 6) is -2.97. The fourth-order valence-electron chi connectivity index (χ4n) is 2.08. The minimum atomic E-state index is -1.02. The molecule has 2 amide bonds. The van der Waals surface area contributed by atoms with Gasteiger partial charge in [0.05, 0.1) is 37.8 Å². The Morgan fingerprint density at radius 3 is 1.30 bits per heavy atom. The van der Waals surface area contributed by atoms with Crippen molar-refractivity contribution in [1.82, 2.24) is 10.9 Å². The van der Waals surface area contributed by atoms with E-state index < -0.39 is 23.8 Å². The van der Waals surface area contributed by atoms with Gasteiger partial charge in [-0.1, -0.05) is 24.3 Å². The number of hydrogen-bond acceptors (Lipinski definition) is 8. The van der Waals surface area contributed by atoms with E-state index in [1.807, 2.05) is 0 Å². The van der Waals surface area contributed by atoms with E-state index in [0.717, 1.165) is 0 Å². The van der Waals surface area contributed by atoms with Crippen molar-refractivity contribution in [2.75, 3.05) is 14.2 Å². The Hall–Kier alpha value is -4.34. The Morgan fingerprint density at radius 1 is 0.667 bits per heavy atom. The van der Waals surface area contributed by atoms with Crippen LogP contribution in [0.2, 0.25) is 0 Å². The molecule has 0 atom stereocenters. The third-order valence-electron chi connectivity index (χ3n) is 3.63. The molecular weight excluding hydrogens is 392 g/mol. The number of nitrogens with zero attached hydrogens (tertiary/aromatic N) is 2. The second kappa shape index (κ2) is 10.9. The van der Waals surface area contributed by atoms with Gasteiger partial charge in [0.1, 0.15) is 0 Å². The summed E-state index contributed by atoms with van der Waals surface area (Å²) < 4.78 is 9.18. The van der Waals surface area contributed by atoms with Crippen LogP contribution in [-0.4, -0.2) is 50.4 Å². The van der Waals surface area contributed by atoms with Crippen molar-refractivity contribution in [2.24, 2.45) is 10.2 Å². The molecule has 0 spiro atoms.